The van der Waals surface area contributed by atoms with Gasteiger partial charge in [0.15, 0.2) is 0 Å². The van der Waals surface area contributed by atoms with Crippen molar-refractivity contribution in [3.8, 4) is 0 Å². The zero-order valence-electron chi connectivity index (χ0n) is 10.1. The average Bonchev–Trinajstić information content (AvgIpc) is 2.65. The van der Waals surface area contributed by atoms with Crippen LogP contribution in [-0.2, 0) is 6.54 Å². The van der Waals surface area contributed by atoms with Gasteiger partial charge in [0.05, 0.1) is 0 Å². The number of nitrogens with one attached hydrogen (secondary N) is 1. The first-order valence-corrected chi connectivity index (χ1v) is 5.65. The maximum absolute atomic E-state index is 11.0. The van der Waals surface area contributed by atoms with Crippen molar-refractivity contribution in [1.29, 1.82) is 0 Å². The van der Waals surface area contributed by atoms with E-state index in [1.807, 2.05) is 38.1 Å². The molecule has 1 aromatic rings. The summed E-state index contributed by atoms with van der Waals surface area (Å²) in [5.41, 5.74) is 1.93. The summed E-state index contributed by atoms with van der Waals surface area (Å²) in [7, 11) is 0. The predicted octanol–water partition coefficient (Wildman–Crippen LogP) is 3.37. The van der Waals surface area contributed by atoms with Gasteiger partial charge in [0.1, 0.15) is 0 Å². The molecule has 15 heavy (non-hydrogen) atoms. The standard InChI is InChI=1S/C8H7NO.C3H8.C2H6/c10-8-7-4-2-1-3-6(7)5-9-8;1-3-2;1-2/h1-4H,5H2,(H,9,10);3H2,1-2H3;1-2H3. The highest BCUT2D eigenvalue weighted by Gasteiger charge is 2.16. The minimum Gasteiger partial charge on any atom is -0.348 e. The summed E-state index contributed by atoms with van der Waals surface area (Å²) in [5.74, 6) is 0.0515. The second-order valence-electron chi connectivity index (χ2n) is 3.05. The van der Waals surface area contributed by atoms with Gasteiger partial charge in [-0.15, -0.1) is 0 Å². The fourth-order valence-electron chi connectivity index (χ4n) is 1.17. The van der Waals surface area contributed by atoms with Crippen LogP contribution in [0, 0.1) is 0 Å². The van der Waals surface area contributed by atoms with Gasteiger partial charge in [-0.25, -0.2) is 0 Å². The lowest BCUT2D eigenvalue weighted by atomic mass is 10.1. The number of fused-ring (bicyclic) bond motifs is 1. The summed E-state index contributed by atoms with van der Waals surface area (Å²) in [5, 5.41) is 2.75. The van der Waals surface area contributed by atoms with Gasteiger partial charge < -0.3 is 5.32 Å². The van der Waals surface area contributed by atoms with Gasteiger partial charge in [-0.1, -0.05) is 52.3 Å². The molecular weight excluding hydrogens is 186 g/mol. The molecule has 0 aliphatic carbocycles. The largest absolute Gasteiger partial charge is 0.348 e. The van der Waals surface area contributed by atoms with Crippen molar-refractivity contribution in [1.82, 2.24) is 5.32 Å². The Balaban J connectivity index is 0.000000342. The molecule has 1 N–H and O–H groups in total. The highest BCUT2D eigenvalue weighted by atomic mass is 16.1. The van der Waals surface area contributed by atoms with E-state index < -0.39 is 0 Å². The first-order chi connectivity index (χ1) is 7.29. The molecule has 0 fully saturated rings. The molecule has 1 heterocycles. The molecule has 0 saturated heterocycles. The van der Waals surface area contributed by atoms with E-state index in [1.165, 1.54) is 6.42 Å². The Morgan fingerprint density at radius 1 is 1.20 bits per heavy atom. The van der Waals surface area contributed by atoms with Gasteiger partial charge >= 0.3 is 0 Å². The van der Waals surface area contributed by atoms with Crippen molar-refractivity contribution in [2.75, 3.05) is 0 Å². The fourth-order valence-corrected chi connectivity index (χ4v) is 1.17. The number of hydrogen-bond acceptors (Lipinski definition) is 1. The molecule has 0 saturated carbocycles. The monoisotopic (exact) mass is 207 g/mol. The van der Waals surface area contributed by atoms with Crippen molar-refractivity contribution in [2.24, 2.45) is 0 Å². The van der Waals surface area contributed by atoms with Gasteiger partial charge in [-0.2, -0.15) is 0 Å². The normalized spacial score (nSPS) is 11.3. The smallest absolute Gasteiger partial charge is 0.251 e. The molecule has 2 heteroatoms. The van der Waals surface area contributed by atoms with Gasteiger partial charge in [0, 0.05) is 12.1 Å². The molecule has 0 aromatic heterocycles. The molecule has 2 rings (SSSR count). The maximum Gasteiger partial charge on any atom is 0.251 e. The van der Waals surface area contributed by atoms with Gasteiger partial charge in [0.25, 0.3) is 5.91 Å². The van der Waals surface area contributed by atoms with Crippen LogP contribution < -0.4 is 5.32 Å². The molecular formula is C13H21NO. The SMILES string of the molecule is CC.CCC.O=C1NCc2ccccc21. The minimum atomic E-state index is 0.0515. The van der Waals surface area contributed by atoms with Crippen LogP contribution in [0.5, 0.6) is 0 Å². The Labute approximate surface area is 92.7 Å². The predicted molar refractivity (Wildman–Crippen MR) is 64.9 cm³/mol. The van der Waals surface area contributed by atoms with Gasteiger partial charge in [-0.05, 0) is 11.6 Å². The zero-order valence-corrected chi connectivity index (χ0v) is 10.1. The molecule has 2 nitrogen and oxygen atoms in total. The Morgan fingerprint density at radius 3 is 2.27 bits per heavy atom. The number of hydrogen-bond donors (Lipinski definition) is 1. The minimum absolute atomic E-state index is 0.0515. The molecule has 0 spiro atoms. The summed E-state index contributed by atoms with van der Waals surface area (Å²) in [4.78, 5) is 11.0. The topological polar surface area (TPSA) is 29.1 Å². The van der Waals surface area contributed by atoms with Crippen LogP contribution in [0.3, 0.4) is 0 Å². The lowest BCUT2D eigenvalue weighted by molar-refractivity contribution is 0.0966. The van der Waals surface area contributed by atoms with E-state index in [2.05, 4.69) is 19.2 Å². The van der Waals surface area contributed by atoms with Crippen molar-refractivity contribution in [3.05, 3.63) is 35.4 Å². The molecule has 1 amide bonds. The second-order valence-corrected chi connectivity index (χ2v) is 3.05. The van der Waals surface area contributed by atoms with Crippen LogP contribution >= 0.6 is 0 Å². The lowest BCUT2D eigenvalue weighted by Crippen LogP contribution is -2.12. The van der Waals surface area contributed by atoms with E-state index in [1.54, 1.807) is 0 Å². The van der Waals surface area contributed by atoms with Crippen LogP contribution in [0.2, 0.25) is 0 Å². The Bertz CT molecular complexity index is 294. The quantitative estimate of drug-likeness (QED) is 0.694. The number of carbonyl (C=O) groups is 1. The molecule has 0 unspecified atom stereocenters. The second kappa shape index (κ2) is 8.04. The van der Waals surface area contributed by atoms with E-state index in [4.69, 9.17) is 0 Å². The third-order valence-electron chi connectivity index (χ3n) is 1.70. The Kier molecular flexibility index (Phi) is 7.33. The molecule has 0 bridgehead atoms. The molecule has 0 radical (unpaired) electrons. The molecule has 84 valence electrons. The van der Waals surface area contributed by atoms with E-state index in [0.29, 0.717) is 6.54 Å². The van der Waals surface area contributed by atoms with E-state index in [-0.39, 0.29) is 5.91 Å². The van der Waals surface area contributed by atoms with Crippen molar-refractivity contribution in [2.45, 2.75) is 40.7 Å². The zero-order chi connectivity index (χ0) is 11.7. The summed E-state index contributed by atoms with van der Waals surface area (Å²) in [6, 6.07) is 7.63. The summed E-state index contributed by atoms with van der Waals surface area (Å²) >= 11 is 0. The van der Waals surface area contributed by atoms with Crippen LogP contribution in [0.15, 0.2) is 24.3 Å². The first-order valence-electron chi connectivity index (χ1n) is 5.65. The first kappa shape index (κ1) is 13.7. The molecule has 0 atom stereocenters. The Hall–Kier alpha value is -1.31. The van der Waals surface area contributed by atoms with E-state index in [0.717, 1.165) is 11.1 Å². The molecule has 1 aliphatic rings. The van der Waals surface area contributed by atoms with Gasteiger partial charge in [-0.3, -0.25) is 4.79 Å². The number of carbonyl (C=O) groups excluding carboxylic acids is 1. The summed E-state index contributed by atoms with van der Waals surface area (Å²) < 4.78 is 0. The Morgan fingerprint density at radius 2 is 1.73 bits per heavy atom. The van der Waals surface area contributed by atoms with Crippen LogP contribution in [0.1, 0.15) is 50.0 Å². The number of rotatable bonds is 0. The van der Waals surface area contributed by atoms with E-state index in [9.17, 15) is 4.79 Å². The summed E-state index contributed by atoms with van der Waals surface area (Å²) in [6.45, 7) is 8.94. The van der Waals surface area contributed by atoms with E-state index >= 15 is 0 Å². The molecule has 1 aliphatic heterocycles. The van der Waals surface area contributed by atoms with Crippen molar-refractivity contribution in [3.63, 3.8) is 0 Å². The number of benzene rings is 1. The third kappa shape index (κ3) is 4.15. The third-order valence-corrected chi connectivity index (χ3v) is 1.70. The molecule has 1 aromatic carbocycles. The van der Waals surface area contributed by atoms with Crippen molar-refractivity contribution >= 4 is 5.91 Å². The average molecular weight is 207 g/mol. The van der Waals surface area contributed by atoms with Crippen LogP contribution in [0.25, 0.3) is 0 Å². The lowest BCUT2D eigenvalue weighted by Gasteiger charge is -1.89. The number of amides is 1. The fraction of sp³-hybridized carbons (Fsp3) is 0.462. The van der Waals surface area contributed by atoms with Crippen LogP contribution in [-0.4, -0.2) is 5.91 Å². The van der Waals surface area contributed by atoms with Gasteiger partial charge in [0.2, 0.25) is 0 Å². The van der Waals surface area contributed by atoms with Crippen LogP contribution in [0.4, 0.5) is 0 Å². The highest BCUT2D eigenvalue weighted by Crippen LogP contribution is 2.13. The van der Waals surface area contributed by atoms with Crippen molar-refractivity contribution < 1.29 is 4.79 Å². The maximum atomic E-state index is 11.0. The summed E-state index contributed by atoms with van der Waals surface area (Å²) in [6.07, 6.45) is 1.25. The highest BCUT2D eigenvalue weighted by molar-refractivity contribution is 5.98.